The predicted octanol–water partition coefficient (Wildman–Crippen LogP) is 3.36. The van der Waals surface area contributed by atoms with E-state index in [-0.39, 0.29) is 0 Å². The smallest absolute Gasteiger partial charge is 0.156 e. The van der Waals surface area contributed by atoms with Gasteiger partial charge in [-0.1, -0.05) is 35.9 Å². The van der Waals surface area contributed by atoms with Crippen molar-refractivity contribution in [2.45, 2.75) is 0 Å². The number of hydrogen-bond acceptors (Lipinski definition) is 1. The standard InChI is InChI=1S/C9H7Cl2O/c1-2-6-12-9-7(10)4-3-5-8(9)11/h2,4-5H,1,6H2. The van der Waals surface area contributed by atoms with E-state index in [9.17, 15) is 0 Å². The first kappa shape index (κ1) is 9.43. The van der Waals surface area contributed by atoms with Gasteiger partial charge in [-0.3, -0.25) is 0 Å². The Morgan fingerprint density at radius 1 is 1.42 bits per heavy atom. The lowest BCUT2D eigenvalue weighted by molar-refractivity contribution is 0.363. The lowest BCUT2D eigenvalue weighted by atomic mass is 10.3. The topological polar surface area (TPSA) is 9.23 Å². The van der Waals surface area contributed by atoms with Crippen molar-refractivity contribution >= 4 is 23.2 Å². The SMILES string of the molecule is C=CCOc1c(Cl)c[c]cc1Cl. The Morgan fingerprint density at radius 2 is 2.00 bits per heavy atom. The highest BCUT2D eigenvalue weighted by atomic mass is 35.5. The molecular formula is C9H7Cl2O. The van der Waals surface area contributed by atoms with E-state index in [1.54, 1.807) is 18.2 Å². The lowest BCUT2D eigenvalue weighted by Gasteiger charge is -2.06. The third-order valence-corrected chi connectivity index (χ3v) is 1.76. The summed E-state index contributed by atoms with van der Waals surface area (Å²) < 4.78 is 5.21. The Bertz CT molecular complexity index is 264. The number of ether oxygens (including phenoxy) is 1. The van der Waals surface area contributed by atoms with Crippen molar-refractivity contribution in [1.82, 2.24) is 0 Å². The van der Waals surface area contributed by atoms with E-state index in [4.69, 9.17) is 27.9 Å². The monoisotopic (exact) mass is 201 g/mol. The fourth-order valence-corrected chi connectivity index (χ4v) is 1.20. The Kier molecular flexibility index (Phi) is 3.45. The second-order valence-electron chi connectivity index (χ2n) is 2.08. The molecule has 0 unspecified atom stereocenters. The van der Waals surface area contributed by atoms with Crippen LogP contribution in [0.1, 0.15) is 0 Å². The van der Waals surface area contributed by atoms with E-state index in [1.807, 2.05) is 0 Å². The van der Waals surface area contributed by atoms with Gasteiger partial charge in [0.1, 0.15) is 6.61 Å². The Hall–Kier alpha value is -0.660. The summed E-state index contributed by atoms with van der Waals surface area (Å²) in [7, 11) is 0. The summed E-state index contributed by atoms with van der Waals surface area (Å²) in [6.45, 7) is 3.91. The molecule has 1 aromatic rings. The van der Waals surface area contributed by atoms with E-state index in [0.717, 1.165) is 0 Å². The van der Waals surface area contributed by atoms with Crippen molar-refractivity contribution < 1.29 is 4.74 Å². The Morgan fingerprint density at radius 3 is 2.50 bits per heavy atom. The van der Waals surface area contributed by atoms with Gasteiger partial charge in [0.05, 0.1) is 10.0 Å². The fourth-order valence-electron chi connectivity index (χ4n) is 0.713. The maximum atomic E-state index is 5.79. The highest BCUT2D eigenvalue weighted by Gasteiger charge is 2.04. The van der Waals surface area contributed by atoms with Crippen LogP contribution in [0.25, 0.3) is 0 Å². The van der Waals surface area contributed by atoms with Gasteiger partial charge < -0.3 is 4.74 Å². The van der Waals surface area contributed by atoms with Crippen LogP contribution in [0.5, 0.6) is 5.75 Å². The maximum Gasteiger partial charge on any atom is 0.156 e. The summed E-state index contributed by atoms with van der Waals surface area (Å²) in [5.74, 6) is 0.483. The zero-order chi connectivity index (χ0) is 8.97. The van der Waals surface area contributed by atoms with Crippen LogP contribution in [-0.4, -0.2) is 6.61 Å². The number of rotatable bonds is 3. The highest BCUT2D eigenvalue weighted by Crippen LogP contribution is 2.31. The zero-order valence-corrected chi connectivity index (χ0v) is 7.82. The van der Waals surface area contributed by atoms with Gasteiger partial charge in [-0.2, -0.15) is 0 Å². The van der Waals surface area contributed by atoms with Gasteiger partial charge in [0.25, 0.3) is 0 Å². The third-order valence-electron chi connectivity index (χ3n) is 1.20. The molecule has 3 heteroatoms. The van der Waals surface area contributed by atoms with E-state index in [1.165, 1.54) is 0 Å². The van der Waals surface area contributed by atoms with Crippen LogP contribution in [0.15, 0.2) is 24.8 Å². The molecule has 0 bridgehead atoms. The summed E-state index contributed by atoms with van der Waals surface area (Å²) in [6, 6.07) is 5.98. The molecule has 1 nitrogen and oxygen atoms in total. The molecule has 0 atom stereocenters. The highest BCUT2D eigenvalue weighted by molar-refractivity contribution is 6.37. The average Bonchev–Trinajstić information content (AvgIpc) is 2.04. The van der Waals surface area contributed by atoms with Crippen LogP contribution in [-0.2, 0) is 0 Å². The lowest BCUT2D eigenvalue weighted by Crippen LogP contribution is -1.93. The fraction of sp³-hybridized carbons (Fsp3) is 0.111. The summed E-state index contributed by atoms with van der Waals surface area (Å²) in [4.78, 5) is 0. The van der Waals surface area contributed by atoms with Crippen LogP contribution in [0.3, 0.4) is 0 Å². The molecule has 0 N–H and O–H groups in total. The maximum absolute atomic E-state index is 5.79. The molecule has 12 heavy (non-hydrogen) atoms. The van der Waals surface area contributed by atoms with Gasteiger partial charge in [-0.05, 0) is 18.2 Å². The first-order chi connectivity index (χ1) is 5.75. The first-order valence-corrected chi connectivity index (χ1v) is 4.10. The second kappa shape index (κ2) is 4.39. The van der Waals surface area contributed by atoms with Gasteiger partial charge in [-0.25, -0.2) is 0 Å². The van der Waals surface area contributed by atoms with Crippen LogP contribution >= 0.6 is 23.2 Å². The van der Waals surface area contributed by atoms with Crippen molar-refractivity contribution in [3.05, 3.63) is 40.9 Å². The van der Waals surface area contributed by atoms with Crippen molar-refractivity contribution in [1.29, 1.82) is 0 Å². The predicted molar refractivity (Wildman–Crippen MR) is 51.0 cm³/mol. The van der Waals surface area contributed by atoms with E-state index < -0.39 is 0 Å². The zero-order valence-electron chi connectivity index (χ0n) is 6.31. The normalized spacial score (nSPS) is 9.50. The van der Waals surface area contributed by atoms with Crippen molar-refractivity contribution in [2.75, 3.05) is 6.61 Å². The Balaban J connectivity index is 2.88. The molecule has 0 aliphatic heterocycles. The van der Waals surface area contributed by atoms with Crippen LogP contribution in [0.2, 0.25) is 10.0 Å². The van der Waals surface area contributed by atoms with Gasteiger partial charge >= 0.3 is 0 Å². The molecule has 1 rings (SSSR count). The molecule has 0 saturated heterocycles. The molecule has 0 spiro atoms. The summed E-state index contributed by atoms with van der Waals surface area (Å²) in [5, 5.41) is 0.925. The molecule has 1 radical (unpaired) electrons. The summed E-state index contributed by atoms with van der Waals surface area (Å²) in [5.41, 5.74) is 0. The minimum Gasteiger partial charge on any atom is -0.486 e. The first-order valence-electron chi connectivity index (χ1n) is 3.34. The summed E-state index contributed by atoms with van der Waals surface area (Å²) >= 11 is 11.6. The van der Waals surface area contributed by atoms with Gasteiger partial charge in [0.2, 0.25) is 0 Å². The molecule has 0 amide bonds. The molecule has 1 aromatic carbocycles. The molecule has 0 saturated carbocycles. The largest absolute Gasteiger partial charge is 0.486 e. The van der Waals surface area contributed by atoms with Crippen molar-refractivity contribution in [3.8, 4) is 5.75 Å². The molecule has 0 aliphatic carbocycles. The molecule has 0 aliphatic rings. The van der Waals surface area contributed by atoms with E-state index in [2.05, 4.69) is 12.6 Å². The number of benzene rings is 1. The van der Waals surface area contributed by atoms with Gasteiger partial charge in [-0.15, -0.1) is 0 Å². The average molecular weight is 202 g/mol. The minimum atomic E-state index is 0.392. The molecule has 0 heterocycles. The molecule has 0 aromatic heterocycles. The molecule has 63 valence electrons. The Labute approximate surface area is 81.6 Å². The molecule has 0 fully saturated rings. The van der Waals surface area contributed by atoms with Crippen molar-refractivity contribution in [3.63, 3.8) is 0 Å². The minimum absolute atomic E-state index is 0.392. The van der Waals surface area contributed by atoms with Crippen LogP contribution in [0.4, 0.5) is 0 Å². The van der Waals surface area contributed by atoms with E-state index in [0.29, 0.717) is 22.4 Å². The number of halogens is 2. The van der Waals surface area contributed by atoms with Crippen molar-refractivity contribution in [2.24, 2.45) is 0 Å². The third kappa shape index (κ3) is 2.16. The van der Waals surface area contributed by atoms with Gasteiger partial charge in [0, 0.05) is 0 Å². The second-order valence-corrected chi connectivity index (χ2v) is 2.89. The number of hydrogen-bond donors (Lipinski definition) is 0. The quantitative estimate of drug-likeness (QED) is 0.682. The van der Waals surface area contributed by atoms with E-state index >= 15 is 0 Å². The van der Waals surface area contributed by atoms with Crippen LogP contribution in [0, 0.1) is 6.07 Å². The van der Waals surface area contributed by atoms with Crippen LogP contribution < -0.4 is 4.74 Å². The molecular weight excluding hydrogens is 195 g/mol. The van der Waals surface area contributed by atoms with Gasteiger partial charge in [0.15, 0.2) is 5.75 Å². The summed E-state index contributed by atoms with van der Waals surface area (Å²) in [6.07, 6.45) is 1.63.